The van der Waals surface area contributed by atoms with Crippen molar-refractivity contribution in [3.63, 3.8) is 0 Å². The zero-order chi connectivity index (χ0) is 18.5. The smallest absolute Gasteiger partial charge is 0.254 e. The predicted molar refractivity (Wildman–Crippen MR) is 103 cm³/mol. The van der Waals surface area contributed by atoms with Gasteiger partial charge < -0.3 is 9.80 Å². The number of aryl methyl sites for hydroxylation is 1. The van der Waals surface area contributed by atoms with Crippen molar-refractivity contribution >= 4 is 23.4 Å². The van der Waals surface area contributed by atoms with Crippen LogP contribution in [0.2, 0.25) is 5.02 Å². The first-order chi connectivity index (χ1) is 12.5. The maximum absolute atomic E-state index is 12.8. The fourth-order valence-corrected chi connectivity index (χ4v) is 3.37. The minimum Gasteiger partial charge on any atom is -0.341 e. The molecule has 4 nitrogen and oxygen atoms in total. The van der Waals surface area contributed by atoms with E-state index in [0.29, 0.717) is 37.6 Å². The normalized spacial score (nSPS) is 14.8. The first-order valence-corrected chi connectivity index (χ1v) is 9.29. The fraction of sp³-hybridized carbons (Fsp3) is 0.333. The molecule has 0 unspecified atom stereocenters. The van der Waals surface area contributed by atoms with Gasteiger partial charge in [0.05, 0.1) is 6.42 Å². The molecule has 0 N–H and O–H groups in total. The highest BCUT2D eigenvalue weighted by Gasteiger charge is 2.23. The number of amides is 2. The standard InChI is InChI=1S/C21H23ClN2O2/c1-16-5-2-3-6-19(16)21(26)24-12-4-11-23(13-14-24)20(25)15-17-7-9-18(22)10-8-17/h2-3,5-10H,4,11-15H2,1H3. The molecular weight excluding hydrogens is 348 g/mol. The fourth-order valence-electron chi connectivity index (χ4n) is 3.24. The van der Waals surface area contributed by atoms with Crippen molar-refractivity contribution < 1.29 is 9.59 Å². The summed E-state index contributed by atoms with van der Waals surface area (Å²) in [5.74, 6) is 0.146. The van der Waals surface area contributed by atoms with Crippen molar-refractivity contribution in [1.82, 2.24) is 9.80 Å². The Bertz CT molecular complexity index is 789. The van der Waals surface area contributed by atoms with Crippen LogP contribution < -0.4 is 0 Å². The van der Waals surface area contributed by atoms with Gasteiger partial charge in [-0.2, -0.15) is 0 Å². The van der Waals surface area contributed by atoms with E-state index in [9.17, 15) is 9.59 Å². The molecule has 0 bridgehead atoms. The predicted octanol–water partition coefficient (Wildman–Crippen LogP) is 3.57. The zero-order valence-corrected chi connectivity index (χ0v) is 15.7. The van der Waals surface area contributed by atoms with E-state index in [1.54, 1.807) is 12.1 Å². The summed E-state index contributed by atoms with van der Waals surface area (Å²) >= 11 is 5.89. The molecule has 1 fully saturated rings. The minimum absolute atomic E-state index is 0.0510. The van der Waals surface area contributed by atoms with Gasteiger partial charge in [-0.1, -0.05) is 41.9 Å². The second-order valence-corrected chi connectivity index (χ2v) is 7.08. The van der Waals surface area contributed by atoms with E-state index < -0.39 is 0 Å². The van der Waals surface area contributed by atoms with E-state index in [-0.39, 0.29) is 11.8 Å². The molecule has 2 aromatic rings. The number of hydrogen-bond donors (Lipinski definition) is 0. The third kappa shape index (κ3) is 4.44. The van der Waals surface area contributed by atoms with Crippen LogP contribution in [0.3, 0.4) is 0 Å². The van der Waals surface area contributed by atoms with Crippen molar-refractivity contribution in [3.8, 4) is 0 Å². The molecule has 0 saturated carbocycles. The van der Waals surface area contributed by atoms with Crippen LogP contribution in [0.5, 0.6) is 0 Å². The van der Waals surface area contributed by atoms with Gasteiger partial charge in [0, 0.05) is 36.8 Å². The Labute approximate surface area is 159 Å². The number of nitrogens with zero attached hydrogens (tertiary/aromatic N) is 2. The maximum Gasteiger partial charge on any atom is 0.254 e. The molecular formula is C21H23ClN2O2. The minimum atomic E-state index is 0.0510. The molecule has 2 amide bonds. The van der Waals surface area contributed by atoms with Gasteiger partial charge in [-0.3, -0.25) is 9.59 Å². The molecule has 0 radical (unpaired) electrons. The maximum atomic E-state index is 12.8. The highest BCUT2D eigenvalue weighted by atomic mass is 35.5. The van der Waals surface area contributed by atoms with Crippen molar-refractivity contribution in [1.29, 1.82) is 0 Å². The topological polar surface area (TPSA) is 40.6 Å². The van der Waals surface area contributed by atoms with E-state index in [1.807, 2.05) is 53.1 Å². The summed E-state index contributed by atoms with van der Waals surface area (Å²) in [6, 6.07) is 15.0. The largest absolute Gasteiger partial charge is 0.341 e. The Morgan fingerprint density at radius 3 is 2.31 bits per heavy atom. The zero-order valence-electron chi connectivity index (χ0n) is 15.0. The van der Waals surface area contributed by atoms with Gasteiger partial charge in [0.15, 0.2) is 0 Å². The Balaban J connectivity index is 1.61. The number of benzene rings is 2. The molecule has 0 aromatic heterocycles. The van der Waals surface area contributed by atoms with Crippen LogP contribution in [0.25, 0.3) is 0 Å². The number of hydrogen-bond acceptors (Lipinski definition) is 2. The van der Waals surface area contributed by atoms with Crippen LogP contribution >= 0.6 is 11.6 Å². The molecule has 1 aliphatic rings. The lowest BCUT2D eigenvalue weighted by molar-refractivity contribution is -0.130. The van der Waals surface area contributed by atoms with Crippen LogP contribution in [0, 0.1) is 6.92 Å². The molecule has 1 heterocycles. The summed E-state index contributed by atoms with van der Waals surface area (Å²) in [5, 5.41) is 0.668. The molecule has 2 aromatic carbocycles. The molecule has 0 atom stereocenters. The van der Waals surface area contributed by atoms with Gasteiger partial charge in [0.2, 0.25) is 5.91 Å². The second kappa shape index (κ2) is 8.37. The van der Waals surface area contributed by atoms with Crippen LogP contribution in [0.15, 0.2) is 48.5 Å². The van der Waals surface area contributed by atoms with Crippen LogP contribution in [-0.2, 0) is 11.2 Å². The molecule has 1 saturated heterocycles. The molecule has 3 rings (SSSR count). The highest BCUT2D eigenvalue weighted by Crippen LogP contribution is 2.15. The first-order valence-electron chi connectivity index (χ1n) is 8.92. The summed E-state index contributed by atoms with van der Waals surface area (Å²) in [7, 11) is 0. The van der Waals surface area contributed by atoms with Gasteiger partial charge in [0.1, 0.15) is 0 Å². The lowest BCUT2D eigenvalue weighted by Gasteiger charge is -2.23. The van der Waals surface area contributed by atoms with E-state index in [1.165, 1.54) is 0 Å². The number of rotatable bonds is 3. The Hall–Kier alpha value is -2.33. The lowest BCUT2D eigenvalue weighted by atomic mass is 10.1. The molecule has 1 aliphatic heterocycles. The lowest BCUT2D eigenvalue weighted by Crippen LogP contribution is -2.38. The van der Waals surface area contributed by atoms with Crippen molar-refractivity contribution in [2.45, 2.75) is 19.8 Å². The van der Waals surface area contributed by atoms with Gasteiger partial charge in [-0.15, -0.1) is 0 Å². The van der Waals surface area contributed by atoms with Crippen LogP contribution in [0.1, 0.15) is 27.9 Å². The molecule has 26 heavy (non-hydrogen) atoms. The molecule has 136 valence electrons. The van der Waals surface area contributed by atoms with Crippen LogP contribution in [-0.4, -0.2) is 47.8 Å². The average molecular weight is 371 g/mol. The molecule has 0 aliphatic carbocycles. The van der Waals surface area contributed by atoms with E-state index in [0.717, 1.165) is 23.1 Å². The SMILES string of the molecule is Cc1ccccc1C(=O)N1CCCN(C(=O)Cc2ccc(Cl)cc2)CC1. The van der Waals surface area contributed by atoms with Gasteiger partial charge in [-0.25, -0.2) is 0 Å². The third-order valence-electron chi connectivity index (χ3n) is 4.78. The number of carbonyl (C=O) groups excluding carboxylic acids is 2. The van der Waals surface area contributed by atoms with E-state index >= 15 is 0 Å². The highest BCUT2D eigenvalue weighted by molar-refractivity contribution is 6.30. The van der Waals surface area contributed by atoms with Gasteiger partial charge in [0.25, 0.3) is 5.91 Å². The Morgan fingerprint density at radius 1 is 0.923 bits per heavy atom. The Kier molecular flexibility index (Phi) is 5.94. The van der Waals surface area contributed by atoms with Crippen molar-refractivity contribution in [3.05, 3.63) is 70.2 Å². The summed E-state index contributed by atoms with van der Waals surface area (Å²) in [4.78, 5) is 29.1. The quantitative estimate of drug-likeness (QED) is 0.828. The van der Waals surface area contributed by atoms with E-state index in [4.69, 9.17) is 11.6 Å². The monoisotopic (exact) mass is 370 g/mol. The molecule has 0 spiro atoms. The van der Waals surface area contributed by atoms with Crippen molar-refractivity contribution in [2.75, 3.05) is 26.2 Å². The average Bonchev–Trinajstić information content (AvgIpc) is 2.90. The van der Waals surface area contributed by atoms with Gasteiger partial charge >= 0.3 is 0 Å². The summed E-state index contributed by atoms with van der Waals surface area (Å²) in [6.45, 7) is 4.46. The Morgan fingerprint density at radius 2 is 1.58 bits per heavy atom. The van der Waals surface area contributed by atoms with Gasteiger partial charge in [-0.05, 0) is 42.7 Å². The number of carbonyl (C=O) groups is 2. The van der Waals surface area contributed by atoms with Crippen LogP contribution in [0.4, 0.5) is 0 Å². The third-order valence-corrected chi connectivity index (χ3v) is 5.03. The first kappa shape index (κ1) is 18.5. The summed E-state index contributed by atoms with van der Waals surface area (Å²) in [5.41, 5.74) is 2.68. The summed E-state index contributed by atoms with van der Waals surface area (Å²) in [6.07, 6.45) is 1.16. The van der Waals surface area contributed by atoms with Crippen molar-refractivity contribution in [2.24, 2.45) is 0 Å². The van der Waals surface area contributed by atoms with E-state index in [2.05, 4.69) is 0 Å². The second-order valence-electron chi connectivity index (χ2n) is 6.64. The summed E-state index contributed by atoms with van der Waals surface area (Å²) < 4.78 is 0. The number of halogens is 1. The molecule has 5 heteroatoms.